The van der Waals surface area contributed by atoms with Crippen LogP contribution < -0.4 is 9.47 Å². The molecule has 178 valence electrons. The van der Waals surface area contributed by atoms with Crippen molar-refractivity contribution < 1.29 is 14.2 Å². The lowest BCUT2D eigenvalue weighted by molar-refractivity contribution is 0.00396. The summed E-state index contributed by atoms with van der Waals surface area (Å²) in [6.45, 7) is 4.81. The smallest absolute Gasteiger partial charge is 0.231 e. The van der Waals surface area contributed by atoms with E-state index >= 15 is 0 Å². The number of ether oxygens (including phenoxy) is 3. The Morgan fingerprint density at radius 2 is 1.80 bits per heavy atom. The molecule has 4 aromatic rings. The Hall–Kier alpha value is -3.59. The number of nitrogens with zero attached hydrogens (tertiary/aromatic N) is 6. The highest BCUT2D eigenvalue weighted by atomic mass is 16.7. The fraction of sp³-hybridized carbons (Fsp3) is 0.423. The largest absolute Gasteiger partial charge is 0.454 e. The second-order valence-electron chi connectivity index (χ2n) is 9.63. The maximum Gasteiger partial charge on any atom is 0.231 e. The van der Waals surface area contributed by atoms with Crippen LogP contribution in [0.2, 0.25) is 0 Å². The Bertz CT molecular complexity index is 1450. The summed E-state index contributed by atoms with van der Waals surface area (Å²) in [5.41, 5.74) is 5.87. The van der Waals surface area contributed by atoms with Gasteiger partial charge in [0.05, 0.1) is 29.7 Å². The number of fused-ring (bicyclic) bond motifs is 2. The zero-order valence-electron chi connectivity index (χ0n) is 19.8. The quantitative estimate of drug-likeness (QED) is 0.427. The second kappa shape index (κ2) is 7.98. The molecule has 9 heteroatoms. The topological polar surface area (TPSA) is 97.1 Å². The molecule has 3 aliphatic rings. The number of rotatable bonds is 4. The minimum absolute atomic E-state index is 0.0135. The summed E-state index contributed by atoms with van der Waals surface area (Å²) in [6.07, 6.45) is 8.16. The summed E-state index contributed by atoms with van der Waals surface area (Å²) >= 11 is 0. The molecule has 35 heavy (non-hydrogen) atoms. The van der Waals surface area contributed by atoms with E-state index in [4.69, 9.17) is 34.1 Å². The Morgan fingerprint density at radius 1 is 0.943 bits per heavy atom. The van der Waals surface area contributed by atoms with Gasteiger partial charge >= 0.3 is 0 Å². The van der Waals surface area contributed by atoms with Crippen molar-refractivity contribution in [1.29, 1.82) is 0 Å². The van der Waals surface area contributed by atoms with Gasteiger partial charge in [0.1, 0.15) is 17.0 Å². The summed E-state index contributed by atoms with van der Waals surface area (Å²) in [5.74, 6) is 2.39. The Kier molecular flexibility index (Phi) is 4.73. The predicted molar refractivity (Wildman–Crippen MR) is 127 cm³/mol. The summed E-state index contributed by atoms with van der Waals surface area (Å²) in [7, 11) is 0. The van der Waals surface area contributed by atoms with Crippen molar-refractivity contribution >= 4 is 11.2 Å². The van der Waals surface area contributed by atoms with E-state index in [2.05, 4.69) is 16.0 Å². The van der Waals surface area contributed by atoms with E-state index in [1.54, 1.807) is 0 Å². The molecule has 9 nitrogen and oxygen atoms in total. The third-order valence-electron chi connectivity index (χ3n) is 7.17. The van der Waals surface area contributed by atoms with Crippen molar-refractivity contribution in [2.24, 2.45) is 0 Å². The highest BCUT2D eigenvalue weighted by Crippen LogP contribution is 2.41. The van der Waals surface area contributed by atoms with E-state index in [1.165, 1.54) is 12.8 Å². The predicted octanol–water partition coefficient (Wildman–Crippen LogP) is 4.60. The molecule has 1 saturated heterocycles. The van der Waals surface area contributed by atoms with Crippen LogP contribution in [0.25, 0.3) is 22.4 Å². The van der Waals surface area contributed by atoms with Crippen molar-refractivity contribution in [2.45, 2.75) is 57.6 Å². The van der Waals surface area contributed by atoms with Crippen molar-refractivity contribution in [3.8, 4) is 22.8 Å². The van der Waals surface area contributed by atoms with Gasteiger partial charge in [-0.2, -0.15) is 5.10 Å². The maximum absolute atomic E-state index is 6.15. The minimum Gasteiger partial charge on any atom is -0.454 e. The average Bonchev–Trinajstić information content (AvgIpc) is 3.41. The van der Waals surface area contributed by atoms with Crippen LogP contribution in [0.15, 0.2) is 30.6 Å². The number of aromatic nitrogens is 6. The summed E-state index contributed by atoms with van der Waals surface area (Å²) in [5, 5.41) is 4.56. The fourth-order valence-electron chi connectivity index (χ4n) is 4.88. The standard InChI is InChI=1S/C26H26N6O3/c1-14-15(2)29-26-24(28-14)23(16-3-6-20-22(9-16)35-13-34-20)30-25(31-26)17-7-8-33-21(10-17)18-11-27-32(12-18)19-4-5-19/h3,6,9,11-12,17,19,21H,4-5,7-8,10,13H2,1-2H3. The lowest BCUT2D eigenvalue weighted by atomic mass is 9.92. The summed E-state index contributed by atoms with van der Waals surface area (Å²) in [6, 6.07) is 6.43. The number of aryl methyl sites for hydroxylation is 2. The number of hydrogen-bond acceptors (Lipinski definition) is 8. The van der Waals surface area contributed by atoms with Gasteiger partial charge < -0.3 is 14.2 Å². The van der Waals surface area contributed by atoms with Crippen LogP contribution in [0.5, 0.6) is 11.5 Å². The first-order chi connectivity index (χ1) is 17.1. The van der Waals surface area contributed by atoms with Gasteiger partial charge in [-0.25, -0.2) is 19.9 Å². The van der Waals surface area contributed by atoms with Crippen LogP contribution in [-0.4, -0.2) is 43.1 Å². The van der Waals surface area contributed by atoms with Gasteiger partial charge in [-0.05, 0) is 57.7 Å². The molecule has 1 aromatic carbocycles. The average molecular weight is 471 g/mol. The van der Waals surface area contributed by atoms with E-state index in [9.17, 15) is 0 Å². The second-order valence-corrected chi connectivity index (χ2v) is 9.63. The van der Waals surface area contributed by atoms with Crippen molar-refractivity contribution in [1.82, 2.24) is 29.7 Å². The van der Waals surface area contributed by atoms with Crippen LogP contribution in [-0.2, 0) is 4.74 Å². The van der Waals surface area contributed by atoms with Crippen LogP contribution in [0.1, 0.15) is 66.5 Å². The molecule has 5 heterocycles. The fourth-order valence-corrected chi connectivity index (χ4v) is 4.88. The molecule has 3 aromatic heterocycles. The summed E-state index contributed by atoms with van der Waals surface area (Å²) < 4.78 is 19.3. The molecule has 0 spiro atoms. The monoisotopic (exact) mass is 470 g/mol. The Balaban J connectivity index is 1.29. The first-order valence-electron chi connectivity index (χ1n) is 12.2. The lowest BCUT2D eigenvalue weighted by Gasteiger charge is -2.28. The third-order valence-corrected chi connectivity index (χ3v) is 7.17. The molecule has 2 atom stereocenters. The normalized spacial score (nSPS) is 21.5. The first kappa shape index (κ1) is 20.8. The van der Waals surface area contributed by atoms with Gasteiger partial charge in [-0.15, -0.1) is 0 Å². The van der Waals surface area contributed by atoms with Crippen molar-refractivity contribution in [3.63, 3.8) is 0 Å². The summed E-state index contributed by atoms with van der Waals surface area (Å²) in [4.78, 5) is 19.6. The first-order valence-corrected chi connectivity index (χ1v) is 12.2. The van der Waals surface area contributed by atoms with Gasteiger partial charge in [0.15, 0.2) is 17.1 Å². The van der Waals surface area contributed by atoms with Crippen molar-refractivity contribution in [3.05, 3.63) is 53.4 Å². The molecule has 0 amide bonds. The van der Waals surface area contributed by atoms with E-state index in [0.29, 0.717) is 29.6 Å². The zero-order chi connectivity index (χ0) is 23.5. The molecule has 2 unspecified atom stereocenters. The molecule has 2 aliphatic heterocycles. The Labute approximate surface area is 202 Å². The Morgan fingerprint density at radius 3 is 2.69 bits per heavy atom. The molecule has 0 radical (unpaired) electrons. The molecule has 2 fully saturated rings. The van der Waals surface area contributed by atoms with E-state index in [1.807, 2.05) is 38.2 Å². The maximum atomic E-state index is 6.15. The molecular formula is C26H26N6O3. The van der Waals surface area contributed by atoms with Gasteiger partial charge in [0, 0.05) is 29.8 Å². The molecule has 1 saturated carbocycles. The van der Waals surface area contributed by atoms with Crippen LogP contribution in [0.3, 0.4) is 0 Å². The molecule has 1 aliphatic carbocycles. The van der Waals surface area contributed by atoms with Crippen molar-refractivity contribution in [2.75, 3.05) is 13.4 Å². The number of hydrogen-bond donors (Lipinski definition) is 0. The van der Waals surface area contributed by atoms with E-state index in [0.717, 1.165) is 52.6 Å². The van der Waals surface area contributed by atoms with Gasteiger partial charge in [-0.3, -0.25) is 4.68 Å². The molecule has 7 rings (SSSR count). The highest BCUT2D eigenvalue weighted by Gasteiger charge is 2.31. The molecule has 0 N–H and O–H groups in total. The minimum atomic E-state index is -0.0135. The van der Waals surface area contributed by atoms with Gasteiger partial charge in [0.2, 0.25) is 6.79 Å². The van der Waals surface area contributed by atoms with Crippen LogP contribution in [0, 0.1) is 13.8 Å². The van der Waals surface area contributed by atoms with Gasteiger partial charge in [-0.1, -0.05) is 0 Å². The zero-order valence-corrected chi connectivity index (χ0v) is 19.8. The van der Waals surface area contributed by atoms with E-state index in [-0.39, 0.29) is 18.8 Å². The SMILES string of the molecule is Cc1nc2nc(C3CCOC(c4cnn(C5CC5)c4)C3)nc(-c3ccc4c(c3)OCO4)c2nc1C. The van der Waals surface area contributed by atoms with E-state index < -0.39 is 0 Å². The highest BCUT2D eigenvalue weighted by molar-refractivity contribution is 5.87. The molecular weight excluding hydrogens is 444 g/mol. The lowest BCUT2D eigenvalue weighted by Crippen LogP contribution is -2.20. The van der Waals surface area contributed by atoms with Gasteiger partial charge in [0.25, 0.3) is 0 Å². The number of benzene rings is 1. The van der Waals surface area contributed by atoms with Crippen LogP contribution in [0.4, 0.5) is 0 Å². The molecule has 0 bridgehead atoms. The third kappa shape index (κ3) is 3.70. The van der Waals surface area contributed by atoms with Crippen LogP contribution >= 0.6 is 0 Å².